The molecule has 1 atom stereocenters. The van der Waals surface area contributed by atoms with Gasteiger partial charge in [0.25, 0.3) is 11.8 Å². The zero-order chi connectivity index (χ0) is 20.5. The van der Waals surface area contributed by atoms with Crippen LogP contribution in [0.2, 0.25) is 0 Å². The van der Waals surface area contributed by atoms with E-state index in [-0.39, 0.29) is 17.9 Å². The summed E-state index contributed by atoms with van der Waals surface area (Å²) in [5, 5.41) is 5.79. The van der Waals surface area contributed by atoms with Crippen LogP contribution in [0.3, 0.4) is 0 Å². The average Bonchev–Trinajstić information content (AvgIpc) is 2.73. The Labute approximate surface area is 166 Å². The maximum atomic E-state index is 12.4. The molecule has 0 aliphatic heterocycles. The van der Waals surface area contributed by atoms with E-state index in [0.717, 1.165) is 12.0 Å². The molecule has 1 unspecified atom stereocenters. The number of benzene rings is 2. The molecule has 150 valence electrons. The van der Waals surface area contributed by atoms with Gasteiger partial charge in [-0.3, -0.25) is 9.59 Å². The monoisotopic (exact) mass is 384 g/mol. The quantitative estimate of drug-likeness (QED) is 0.696. The zero-order valence-electron chi connectivity index (χ0n) is 16.9. The van der Waals surface area contributed by atoms with Crippen LogP contribution in [0.25, 0.3) is 0 Å². The minimum atomic E-state index is -0.210. The number of hydrogen-bond donors (Lipinski definition) is 2. The van der Waals surface area contributed by atoms with E-state index in [4.69, 9.17) is 9.47 Å². The summed E-state index contributed by atoms with van der Waals surface area (Å²) in [5.74, 6) is 0.946. The van der Waals surface area contributed by atoms with Crippen LogP contribution < -0.4 is 20.1 Å². The number of hydrogen-bond acceptors (Lipinski definition) is 4. The molecule has 6 nitrogen and oxygen atoms in total. The van der Waals surface area contributed by atoms with Crippen molar-refractivity contribution >= 4 is 11.8 Å². The fourth-order valence-corrected chi connectivity index (χ4v) is 2.67. The Morgan fingerprint density at radius 3 is 2.29 bits per heavy atom. The molecule has 0 radical (unpaired) electrons. The Morgan fingerprint density at radius 2 is 1.64 bits per heavy atom. The van der Waals surface area contributed by atoms with Crippen molar-refractivity contribution in [3.8, 4) is 11.5 Å². The van der Waals surface area contributed by atoms with Gasteiger partial charge in [-0.05, 0) is 55.7 Å². The molecule has 28 heavy (non-hydrogen) atoms. The lowest BCUT2D eigenvalue weighted by atomic mass is 10.1. The molecule has 2 amide bonds. The van der Waals surface area contributed by atoms with Gasteiger partial charge in [0.2, 0.25) is 0 Å². The van der Waals surface area contributed by atoms with E-state index >= 15 is 0 Å². The van der Waals surface area contributed by atoms with Gasteiger partial charge >= 0.3 is 0 Å². The standard InChI is InChI=1S/C22H28N2O4/c1-5-15(2)24-22(26)18-8-6-7-17(14-18)21(25)23-12-11-16-9-10-19(27-3)20(13-16)28-4/h6-10,13-15H,5,11-12H2,1-4H3,(H,23,25)(H,24,26). The van der Waals surface area contributed by atoms with Crippen LogP contribution in [0.4, 0.5) is 0 Å². The first-order chi connectivity index (χ1) is 13.5. The number of rotatable bonds is 9. The van der Waals surface area contributed by atoms with Crippen molar-refractivity contribution in [2.45, 2.75) is 32.7 Å². The highest BCUT2D eigenvalue weighted by atomic mass is 16.5. The summed E-state index contributed by atoms with van der Waals surface area (Å²) in [6, 6.07) is 12.5. The predicted octanol–water partition coefficient (Wildman–Crippen LogP) is 3.20. The molecule has 6 heteroatoms. The van der Waals surface area contributed by atoms with E-state index < -0.39 is 0 Å². The minimum absolute atomic E-state index is 0.0893. The summed E-state index contributed by atoms with van der Waals surface area (Å²) < 4.78 is 10.5. The highest BCUT2D eigenvalue weighted by Gasteiger charge is 2.12. The Morgan fingerprint density at radius 1 is 0.964 bits per heavy atom. The molecule has 2 aromatic rings. The van der Waals surface area contributed by atoms with E-state index in [1.165, 1.54) is 0 Å². The van der Waals surface area contributed by atoms with Gasteiger partial charge in [0.1, 0.15) is 0 Å². The fraction of sp³-hybridized carbons (Fsp3) is 0.364. The molecular weight excluding hydrogens is 356 g/mol. The molecule has 2 rings (SSSR count). The number of amides is 2. The van der Waals surface area contributed by atoms with Crippen molar-refractivity contribution in [3.05, 3.63) is 59.2 Å². The van der Waals surface area contributed by atoms with E-state index in [0.29, 0.717) is 35.6 Å². The molecule has 2 aromatic carbocycles. The van der Waals surface area contributed by atoms with Crippen LogP contribution in [-0.4, -0.2) is 38.6 Å². The molecule has 0 fully saturated rings. The molecule has 0 aromatic heterocycles. The lowest BCUT2D eigenvalue weighted by Crippen LogP contribution is -2.32. The number of carbonyl (C=O) groups is 2. The Kier molecular flexibility index (Phi) is 7.87. The second kappa shape index (κ2) is 10.3. The SMILES string of the molecule is CCC(C)NC(=O)c1cccc(C(=O)NCCc2ccc(OC)c(OC)c2)c1. The first-order valence-corrected chi connectivity index (χ1v) is 9.38. The molecule has 0 spiro atoms. The maximum Gasteiger partial charge on any atom is 0.251 e. The van der Waals surface area contributed by atoms with Gasteiger partial charge < -0.3 is 20.1 Å². The van der Waals surface area contributed by atoms with Crippen LogP contribution in [0.1, 0.15) is 46.5 Å². The number of nitrogens with one attached hydrogen (secondary N) is 2. The first kappa shape index (κ1) is 21.3. The van der Waals surface area contributed by atoms with E-state index in [2.05, 4.69) is 10.6 Å². The third-order valence-electron chi connectivity index (χ3n) is 4.52. The van der Waals surface area contributed by atoms with Crippen LogP contribution in [-0.2, 0) is 6.42 Å². The lowest BCUT2D eigenvalue weighted by Gasteiger charge is -2.12. The van der Waals surface area contributed by atoms with Crippen LogP contribution in [0.15, 0.2) is 42.5 Å². The van der Waals surface area contributed by atoms with Crippen molar-refractivity contribution in [3.63, 3.8) is 0 Å². The van der Waals surface area contributed by atoms with E-state index in [9.17, 15) is 9.59 Å². The van der Waals surface area contributed by atoms with Crippen molar-refractivity contribution in [1.29, 1.82) is 0 Å². The van der Waals surface area contributed by atoms with Crippen molar-refractivity contribution in [1.82, 2.24) is 10.6 Å². The van der Waals surface area contributed by atoms with Crippen molar-refractivity contribution < 1.29 is 19.1 Å². The molecule has 0 aliphatic rings. The largest absolute Gasteiger partial charge is 0.493 e. The first-order valence-electron chi connectivity index (χ1n) is 9.38. The Hall–Kier alpha value is -3.02. The highest BCUT2D eigenvalue weighted by Crippen LogP contribution is 2.27. The normalized spacial score (nSPS) is 11.4. The van der Waals surface area contributed by atoms with Crippen molar-refractivity contribution in [2.24, 2.45) is 0 Å². The second-order valence-corrected chi connectivity index (χ2v) is 6.56. The fourth-order valence-electron chi connectivity index (χ4n) is 2.67. The maximum absolute atomic E-state index is 12.4. The molecule has 0 aliphatic carbocycles. The van der Waals surface area contributed by atoms with Gasteiger partial charge in [-0.1, -0.05) is 19.1 Å². The van der Waals surface area contributed by atoms with E-state index in [1.54, 1.807) is 38.5 Å². The van der Waals surface area contributed by atoms with Gasteiger partial charge in [0.05, 0.1) is 14.2 Å². The van der Waals surface area contributed by atoms with Gasteiger partial charge in [0, 0.05) is 23.7 Å². The number of ether oxygens (including phenoxy) is 2. The molecular formula is C22H28N2O4. The van der Waals surface area contributed by atoms with Gasteiger partial charge in [-0.15, -0.1) is 0 Å². The van der Waals surface area contributed by atoms with Crippen LogP contribution in [0, 0.1) is 0 Å². The Balaban J connectivity index is 1.95. The summed E-state index contributed by atoms with van der Waals surface area (Å²) in [4.78, 5) is 24.7. The smallest absolute Gasteiger partial charge is 0.251 e. The summed E-state index contributed by atoms with van der Waals surface area (Å²) in [5.41, 5.74) is 1.97. The third-order valence-corrected chi connectivity index (χ3v) is 4.52. The van der Waals surface area contributed by atoms with E-state index in [1.807, 2.05) is 32.0 Å². The molecule has 0 heterocycles. The lowest BCUT2D eigenvalue weighted by molar-refractivity contribution is 0.0939. The average molecular weight is 384 g/mol. The molecule has 0 saturated heterocycles. The van der Waals surface area contributed by atoms with Crippen molar-refractivity contribution in [2.75, 3.05) is 20.8 Å². The molecule has 0 saturated carbocycles. The second-order valence-electron chi connectivity index (χ2n) is 6.56. The number of carbonyl (C=O) groups excluding carboxylic acids is 2. The highest BCUT2D eigenvalue weighted by molar-refractivity contribution is 5.99. The van der Waals surface area contributed by atoms with Gasteiger partial charge in [-0.25, -0.2) is 0 Å². The number of methoxy groups -OCH3 is 2. The summed E-state index contributed by atoms with van der Waals surface area (Å²) >= 11 is 0. The zero-order valence-corrected chi connectivity index (χ0v) is 16.9. The summed E-state index contributed by atoms with van der Waals surface area (Å²) in [7, 11) is 3.18. The molecule has 2 N–H and O–H groups in total. The van der Waals surface area contributed by atoms with Gasteiger partial charge in [0.15, 0.2) is 11.5 Å². The summed E-state index contributed by atoms with van der Waals surface area (Å²) in [6.07, 6.45) is 1.50. The summed E-state index contributed by atoms with van der Waals surface area (Å²) in [6.45, 7) is 4.42. The van der Waals surface area contributed by atoms with Crippen LogP contribution >= 0.6 is 0 Å². The van der Waals surface area contributed by atoms with Gasteiger partial charge in [-0.2, -0.15) is 0 Å². The minimum Gasteiger partial charge on any atom is -0.493 e. The predicted molar refractivity (Wildman–Crippen MR) is 109 cm³/mol. The topological polar surface area (TPSA) is 76.7 Å². The third kappa shape index (κ3) is 5.74. The van der Waals surface area contributed by atoms with Crippen LogP contribution in [0.5, 0.6) is 11.5 Å². The Bertz CT molecular complexity index is 820. The molecule has 0 bridgehead atoms.